The Labute approximate surface area is 132 Å². The SMILES string of the molecule is CN(CCO)c1nc(Cl)nc2nc(N3CCOCC3)cnc12. The predicted molar refractivity (Wildman–Crippen MR) is 83.5 cm³/mol. The monoisotopic (exact) mass is 324 g/mol. The fourth-order valence-electron chi connectivity index (χ4n) is 2.33. The number of aliphatic hydroxyl groups excluding tert-OH is 1. The number of likely N-dealkylation sites (N-methyl/N-ethyl adjacent to an activating group) is 1. The van der Waals surface area contributed by atoms with Crippen LogP contribution in [0.2, 0.25) is 5.28 Å². The number of fused-ring (bicyclic) bond motifs is 1. The van der Waals surface area contributed by atoms with Gasteiger partial charge in [0.15, 0.2) is 17.0 Å². The van der Waals surface area contributed by atoms with Crippen LogP contribution in [0.4, 0.5) is 11.6 Å². The van der Waals surface area contributed by atoms with Crippen LogP contribution in [0.15, 0.2) is 6.20 Å². The van der Waals surface area contributed by atoms with Crippen LogP contribution in [0.3, 0.4) is 0 Å². The maximum absolute atomic E-state index is 9.08. The third-order valence-electron chi connectivity index (χ3n) is 3.48. The largest absolute Gasteiger partial charge is 0.395 e. The highest BCUT2D eigenvalue weighted by atomic mass is 35.5. The summed E-state index contributed by atoms with van der Waals surface area (Å²) in [5.41, 5.74) is 1.01. The van der Waals surface area contributed by atoms with Crippen molar-refractivity contribution in [1.29, 1.82) is 0 Å². The number of ether oxygens (including phenoxy) is 1. The number of halogens is 1. The molecule has 1 saturated heterocycles. The standard InChI is InChI=1S/C13H17ClN6O2/c1-19(2-5-21)12-10-11(17-13(14)18-12)16-9(8-15-10)20-3-6-22-7-4-20/h8,21H,2-7H2,1H3. The molecule has 1 fully saturated rings. The zero-order chi connectivity index (χ0) is 15.5. The Balaban J connectivity index is 2.01. The highest BCUT2D eigenvalue weighted by molar-refractivity contribution is 6.28. The molecule has 1 aliphatic heterocycles. The quantitative estimate of drug-likeness (QED) is 0.806. The van der Waals surface area contributed by atoms with Gasteiger partial charge in [0.05, 0.1) is 26.0 Å². The molecule has 0 unspecified atom stereocenters. The average Bonchev–Trinajstić information content (AvgIpc) is 2.54. The van der Waals surface area contributed by atoms with Crippen molar-refractivity contribution in [3.8, 4) is 0 Å². The number of hydrogen-bond acceptors (Lipinski definition) is 8. The molecule has 8 nitrogen and oxygen atoms in total. The second-order valence-electron chi connectivity index (χ2n) is 4.96. The molecule has 0 aliphatic carbocycles. The Bertz CT molecular complexity index is 664. The number of morpholine rings is 1. The molecule has 2 aromatic rings. The minimum absolute atomic E-state index is 0.0128. The zero-order valence-electron chi connectivity index (χ0n) is 12.2. The molecule has 0 radical (unpaired) electrons. The Morgan fingerprint density at radius 2 is 2.09 bits per heavy atom. The van der Waals surface area contributed by atoms with Gasteiger partial charge in [0.1, 0.15) is 5.82 Å². The molecule has 1 aliphatic rings. The van der Waals surface area contributed by atoms with Crippen molar-refractivity contribution in [3.63, 3.8) is 0 Å². The lowest BCUT2D eigenvalue weighted by Crippen LogP contribution is -2.36. The minimum Gasteiger partial charge on any atom is -0.395 e. The summed E-state index contributed by atoms with van der Waals surface area (Å²) in [6.07, 6.45) is 1.71. The van der Waals surface area contributed by atoms with Gasteiger partial charge in [0.2, 0.25) is 5.28 Å². The number of hydrogen-bond donors (Lipinski definition) is 1. The first-order valence-corrected chi connectivity index (χ1v) is 7.42. The van der Waals surface area contributed by atoms with Crippen molar-refractivity contribution in [1.82, 2.24) is 19.9 Å². The van der Waals surface area contributed by atoms with Gasteiger partial charge < -0.3 is 19.6 Å². The van der Waals surface area contributed by atoms with Crippen molar-refractivity contribution in [2.45, 2.75) is 0 Å². The third kappa shape index (κ3) is 3.03. The molecule has 0 bridgehead atoms. The summed E-state index contributed by atoms with van der Waals surface area (Å²) >= 11 is 5.99. The van der Waals surface area contributed by atoms with Gasteiger partial charge in [0.25, 0.3) is 0 Å². The maximum Gasteiger partial charge on any atom is 0.226 e. The van der Waals surface area contributed by atoms with Crippen LogP contribution in [0.5, 0.6) is 0 Å². The Kier molecular flexibility index (Phi) is 4.51. The predicted octanol–water partition coefficient (Wildman–Crippen LogP) is 0.338. The Morgan fingerprint density at radius 1 is 1.32 bits per heavy atom. The van der Waals surface area contributed by atoms with Gasteiger partial charge in [-0.1, -0.05) is 0 Å². The van der Waals surface area contributed by atoms with Gasteiger partial charge in [-0.15, -0.1) is 0 Å². The lowest BCUT2D eigenvalue weighted by Gasteiger charge is -2.27. The zero-order valence-corrected chi connectivity index (χ0v) is 13.0. The van der Waals surface area contributed by atoms with E-state index in [4.69, 9.17) is 21.4 Å². The third-order valence-corrected chi connectivity index (χ3v) is 3.65. The van der Waals surface area contributed by atoms with E-state index in [-0.39, 0.29) is 11.9 Å². The number of aliphatic hydroxyl groups is 1. The molecule has 0 atom stereocenters. The van der Waals surface area contributed by atoms with Crippen molar-refractivity contribution >= 4 is 34.4 Å². The first-order chi connectivity index (χ1) is 10.7. The lowest BCUT2D eigenvalue weighted by molar-refractivity contribution is 0.122. The van der Waals surface area contributed by atoms with Crippen molar-refractivity contribution < 1.29 is 9.84 Å². The minimum atomic E-state index is 0.0128. The molecule has 0 amide bonds. The topological polar surface area (TPSA) is 87.5 Å². The molecule has 0 aromatic carbocycles. The summed E-state index contributed by atoms with van der Waals surface area (Å²) in [5, 5.41) is 9.19. The van der Waals surface area contributed by atoms with Gasteiger partial charge in [0, 0.05) is 26.7 Å². The number of rotatable bonds is 4. The second kappa shape index (κ2) is 6.55. The van der Waals surface area contributed by atoms with Gasteiger partial charge in [-0.2, -0.15) is 9.97 Å². The van der Waals surface area contributed by atoms with E-state index >= 15 is 0 Å². The van der Waals surface area contributed by atoms with E-state index in [1.165, 1.54) is 0 Å². The van der Waals surface area contributed by atoms with E-state index < -0.39 is 0 Å². The van der Waals surface area contributed by atoms with Crippen LogP contribution >= 0.6 is 11.6 Å². The van der Waals surface area contributed by atoms with Gasteiger partial charge in [-0.25, -0.2) is 9.97 Å². The van der Waals surface area contributed by atoms with E-state index in [9.17, 15) is 0 Å². The number of aromatic nitrogens is 4. The highest BCUT2D eigenvalue weighted by Gasteiger charge is 2.17. The summed E-state index contributed by atoms with van der Waals surface area (Å²) in [6, 6.07) is 0. The molecule has 0 saturated carbocycles. The van der Waals surface area contributed by atoms with Crippen molar-refractivity contribution in [2.24, 2.45) is 0 Å². The average molecular weight is 325 g/mol. The summed E-state index contributed by atoms with van der Waals surface area (Å²) < 4.78 is 5.34. The van der Waals surface area contributed by atoms with Crippen LogP contribution < -0.4 is 9.80 Å². The van der Waals surface area contributed by atoms with Crippen LogP contribution in [0, 0.1) is 0 Å². The van der Waals surface area contributed by atoms with Crippen LogP contribution in [0.25, 0.3) is 11.2 Å². The summed E-state index contributed by atoms with van der Waals surface area (Å²) in [6.45, 7) is 3.34. The molecule has 118 valence electrons. The lowest BCUT2D eigenvalue weighted by atomic mass is 10.4. The molecule has 9 heteroatoms. The molecule has 1 N–H and O–H groups in total. The van der Waals surface area contributed by atoms with E-state index in [2.05, 4.69) is 24.8 Å². The first-order valence-electron chi connectivity index (χ1n) is 7.04. The van der Waals surface area contributed by atoms with E-state index in [1.54, 1.807) is 11.1 Å². The Morgan fingerprint density at radius 3 is 2.82 bits per heavy atom. The fraction of sp³-hybridized carbons (Fsp3) is 0.538. The number of nitrogens with zero attached hydrogens (tertiary/aromatic N) is 6. The summed E-state index contributed by atoms with van der Waals surface area (Å²) in [7, 11) is 1.81. The molecule has 3 rings (SSSR count). The summed E-state index contributed by atoms with van der Waals surface area (Å²) in [5.74, 6) is 1.31. The van der Waals surface area contributed by atoms with Crippen LogP contribution in [-0.2, 0) is 4.74 Å². The van der Waals surface area contributed by atoms with Gasteiger partial charge in [-0.3, -0.25) is 0 Å². The molecular formula is C13H17ClN6O2. The summed E-state index contributed by atoms with van der Waals surface area (Å²) in [4.78, 5) is 21.2. The van der Waals surface area contributed by atoms with E-state index in [0.29, 0.717) is 36.7 Å². The highest BCUT2D eigenvalue weighted by Crippen LogP contribution is 2.23. The van der Waals surface area contributed by atoms with E-state index in [0.717, 1.165) is 18.9 Å². The fourth-order valence-corrected chi connectivity index (χ4v) is 2.49. The molecule has 0 spiro atoms. The van der Waals surface area contributed by atoms with Gasteiger partial charge >= 0.3 is 0 Å². The van der Waals surface area contributed by atoms with E-state index in [1.807, 2.05) is 7.05 Å². The molecule has 3 heterocycles. The smallest absolute Gasteiger partial charge is 0.226 e. The maximum atomic E-state index is 9.08. The van der Waals surface area contributed by atoms with Gasteiger partial charge in [-0.05, 0) is 11.6 Å². The molecule has 2 aromatic heterocycles. The molecule has 22 heavy (non-hydrogen) atoms. The Hall–Kier alpha value is -1.77. The second-order valence-corrected chi connectivity index (χ2v) is 5.30. The normalized spacial score (nSPS) is 15.3. The van der Waals surface area contributed by atoms with Crippen LogP contribution in [-0.4, -0.2) is 71.5 Å². The van der Waals surface area contributed by atoms with Crippen molar-refractivity contribution in [2.75, 3.05) is 56.3 Å². The molecular weight excluding hydrogens is 308 g/mol. The van der Waals surface area contributed by atoms with Crippen LogP contribution in [0.1, 0.15) is 0 Å². The number of anilines is 2. The van der Waals surface area contributed by atoms with Crippen molar-refractivity contribution in [3.05, 3.63) is 11.5 Å². The first kappa shape index (κ1) is 15.1.